The van der Waals surface area contributed by atoms with Crippen molar-refractivity contribution >= 4 is 144 Å². The van der Waals surface area contributed by atoms with Crippen molar-refractivity contribution in [3.63, 3.8) is 0 Å². The fraction of sp³-hybridized carbons (Fsp3) is 0.123. The molecule has 6 nitrogen and oxygen atoms in total. The van der Waals surface area contributed by atoms with Gasteiger partial charge in [0.05, 0.1) is 50.3 Å². The summed E-state index contributed by atoms with van der Waals surface area (Å²) in [5.74, 6) is 0.820. The van der Waals surface area contributed by atoms with Gasteiger partial charge in [0.1, 0.15) is 11.2 Å². The first-order valence-corrected chi connectivity index (χ1v) is 27.9. The van der Waals surface area contributed by atoms with Crippen molar-refractivity contribution in [2.24, 2.45) is 0 Å². The van der Waals surface area contributed by atoms with Gasteiger partial charge in [0.25, 0.3) is 0 Å². The fourth-order valence-electron chi connectivity index (χ4n) is 14.2. The van der Waals surface area contributed by atoms with E-state index in [4.69, 9.17) is 8.83 Å². The summed E-state index contributed by atoms with van der Waals surface area (Å²) < 4.78 is 18.9. The molecule has 17 rings (SSSR count). The molecular weight excluding hydrogens is 965 g/mol. The highest BCUT2D eigenvalue weighted by Gasteiger charge is 2.45. The van der Waals surface area contributed by atoms with Crippen molar-refractivity contribution in [1.82, 2.24) is 8.97 Å². The van der Waals surface area contributed by atoms with Crippen molar-refractivity contribution < 1.29 is 8.83 Å². The van der Waals surface area contributed by atoms with E-state index in [0.29, 0.717) is 11.8 Å². The van der Waals surface area contributed by atoms with Gasteiger partial charge in [-0.3, -0.25) is 0 Å². The van der Waals surface area contributed by atoms with Crippen molar-refractivity contribution in [3.05, 3.63) is 229 Å². The highest BCUT2D eigenvalue weighted by Crippen LogP contribution is 2.59. The van der Waals surface area contributed by atoms with Crippen LogP contribution in [0.15, 0.2) is 221 Å². The molecule has 378 valence electrons. The monoisotopic (exact) mass is 1020 g/mol. The number of allylic oxidation sites excluding steroid dienone is 4. The Balaban J connectivity index is 0.935. The standard InChI is InChI=1S/C73H54N4O2/c1-42(2)44-27-31-46(32-28-44)74(60-22-14-19-52-48-16-7-10-24-64(48)78-71(52)60)58-37-35-50-55-41-63-56(40-62(55)76-57-21-9-6-18-54(57)67(58)69(50)76)51-36-38-59(68-70(51)77(63)66-26-12-13-39-73(66,68)5)75(47-33-29-45(30-34-47)43(3)4)61-23-15-20-53-49-17-8-11-25-65(49)79-72(53)61/h6-38,40-43H,39H2,1-5H3. The third kappa shape index (κ3) is 5.95. The number of aromatic nitrogens is 2. The highest BCUT2D eigenvalue weighted by atomic mass is 16.3. The van der Waals surface area contributed by atoms with Crippen molar-refractivity contribution in [3.8, 4) is 0 Å². The maximum absolute atomic E-state index is 6.87. The summed E-state index contributed by atoms with van der Waals surface area (Å²) in [6, 6.07) is 71.9. The van der Waals surface area contributed by atoms with E-state index in [1.54, 1.807) is 0 Å². The Morgan fingerprint density at radius 1 is 0.443 bits per heavy atom. The third-order valence-corrected chi connectivity index (χ3v) is 18.0. The number of benzene rings is 10. The van der Waals surface area contributed by atoms with Crippen LogP contribution < -0.4 is 9.80 Å². The molecule has 0 N–H and O–H groups in total. The average Bonchev–Trinajstić information content (AvgIpc) is 3.84. The molecule has 1 aliphatic heterocycles. The zero-order chi connectivity index (χ0) is 52.6. The van der Waals surface area contributed by atoms with Gasteiger partial charge in [-0.15, -0.1) is 0 Å². The summed E-state index contributed by atoms with van der Waals surface area (Å²) in [6.07, 6.45) is 7.87. The van der Waals surface area contributed by atoms with Crippen molar-refractivity contribution in [2.45, 2.75) is 58.3 Å². The lowest BCUT2D eigenvalue weighted by Crippen LogP contribution is -2.25. The van der Waals surface area contributed by atoms with E-state index in [1.165, 1.54) is 82.3 Å². The number of anilines is 6. The molecule has 0 saturated heterocycles. The van der Waals surface area contributed by atoms with E-state index in [2.05, 4.69) is 266 Å². The molecule has 10 aromatic carbocycles. The Bertz CT molecular complexity index is 5130. The van der Waals surface area contributed by atoms with E-state index in [-0.39, 0.29) is 5.41 Å². The molecule has 79 heavy (non-hydrogen) atoms. The molecule has 0 amide bonds. The quantitative estimate of drug-likeness (QED) is 0.152. The first-order chi connectivity index (χ1) is 38.7. The average molecular weight is 1020 g/mol. The van der Waals surface area contributed by atoms with Crippen LogP contribution in [0.1, 0.15) is 69.6 Å². The summed E-state index contributed by atoms with van der Waals surface area (Å²) >= 11 is 0. The molecule has 6 heterocycles. The Kier molecular flexibility index (Phi) is 9.05. The minimum Gasteiger partial charge on any atom is -0.454 e. The first kappa shape index (κ1) is 44.6. The SMILES string of the molecule is CC(C)c1ccc(N(c2ccc3c4cc5c(cc4n4c3c2C2(C)CC=CC=C42)c2ccc(N(c3ccc(C(C)C)cc3)c3cccc4c3oc3ccccc34)c3c4ccccc4n5c23)c2cccc3c2oc2ccccc23)cc1. The van der Waals surface area contributed by atoms with Crippen LogP contribution in [-0.2, 0) is 5.41 Å². The summed E-state index contributed by atoms with van der Waals surface area (Å²) in [7, 11) is 0. The smallest absolute Gasteiger partial charge is 0.159 e. The molecule has 5 aromatic heterocycles. The maximum Gasteiger partial charge on any atom is 0.159 e. The van der Waals surface area contributed by atoms with Gasteiger partial charge in [0.2, 0.25) is 0 Å². The minimum absolute atomic E-state index is 0.319. The zero-order valence-electron chi connectivity index (χ0n) is 44.7. The molecular formula is C73H54N4O2. The lowest BCUT2D eigenvalue weighted by atomic mass is 9.75. The fourth-order valence-corrected chi connectivity index (χ4v) is 14.2. The summed E-state index contributed by atoms with van der Waals surface area (Å²) in [6.45, 7) is 11.5. The van der Waals surface area contributed by atoms with E-state index in [1.807, 2.05) is 0 Å². The van der Waals surface area contributed by atoms with E-state index >= 15 is 0 Å². The molecule has 1 atom stereocenters. The van der Waals surface area contributed by atoms with Gasteiger partial charge >= 0.3 is 0 Å². The van der Waals surface area contributed by atoms with Crippen LogP contribution in [0.3, 0.4) is 0 Å². The second-order valence-electron chi connectivity index (χ2n) is 23.0. The molecule has 6 heteroatoms. The van der Waals surface area contributed by atoms with Gasteiger partial charge in [-0.05, 0) is 121 Å². The second kappa shape index (κ2) is 16.0. The molecule has 0 spiro atoms. The molecule has 1 aliphatic carbocycles. The number of hydrogen-bond donors (Lipinski definition) is 0. The largest absolute Gasteiger partial charge is 0.454 e. The molecule has 15 aromatic rings. The van der Waals surface area contributed by atoms with Crippen molar-refractivity contribution in [2.75, 3.05) is 9.80 Å². The van der Waals surface area contributed by atoms with Crippen LogP contribution in [0.25, 0.3) is 109 Å². The Morgan fingerprint density at radius 2 is 0.962 bits per heavy atom. The van der Waals surface area contributed by atoms with Crippen molar-refractivity contribution in [1.29, 1.82) is 0 Å². The lowest BCUT2D eigenvalue weighted by Gasteiger charge is -2.34. The van der Waals surface area contributed by atoms with Crippen LogP contribution in [0, 0.1) is 0 Å². The molecule has 0 fully saturated rings. The minimum atomic E-state index is -0.319. The number of hydrogen-bond acceptors (Lipinski definition) is 4. The zero-order valence-corrected chi connectivity index (χ0v) is 44.7. The maximum atomic E-state index is 6.87. The second-order valence-corrected chi connectivity index (χ2v) is 23.0. The van der Waals surface area contributed by atoms with Gasteiger partial charge in [0, 0.05) is 81.9 Å². The van der Waals surface area contributed by atoms with Gasteiger partial charge in [0.15, 0.2) is 11.2 Å². The van der Waals surface area contributed by atoms with Crippen LogP contribution in [-0.4, -0.2) is 8.97 Å². The van der Waals surface area contributed by atoms with E-state index < -0.39 is 0 Å². The Labute approximate surface area is 456 Å². The number of rotatable bonds is 8. The molecule has 1 unspecified atom stereocenters. The molecule has 2 aliphatic rings. The summed E-state index contributed by atoms with van der Waals surface area (Å²) in [5, 5.41) is 11.9. The van der Waals surface area contributed by atoms with E-state index in [9.17, 15) is 0 Å². The first-order valence-electron chi connectivity index (χ1n) is 27.9. The number of furan rings is 2. The number of para-hydroxylation sites is 5. The molecule has 0 saturated carbocycles. The van der Waals surface area contributed by atoms with Crippen LogP contribution >= 0.6 is 0 Å². The lowest BCUT2D eigenvalue weighted by molar-refractivity contribution is 0.623. The third-order valence-electron chi connectivity index (χ3n) is 18.0. The van der Waals surface area contributed by atoms with Gasteiger partial charge in [-0.2, -0.15) is 0 Å². The van der Waals surface area contributed by atoms with Gasteiger partial charge < -0.3 is 27.6 Å². The molecule has 0 radical (unpaired) electrons. The van der Waals surface area contributed by atoms with Gasteiger partial charge in [-0.1, -0.05) is 155 Å². The normalized spacial score (nSPS) is 15.4. The summed E-state index contributed by atoms with van der Waals surface area (Å²) in [5.41, 5.74) is 21.0. The number of nitrogens with zero attached hydrogens (tertiary/aromatic N) is 4. The van der Waals surface area contributed by atoms with Crippen LogP contribution in [0.4, 0.5) is 34.1 Å². The predicted molar refractivity (Wildman–Crippen MR) is 332 cm³/mol. The molecule has 0 bridgehead atoms. The Hall–Kier alpha value is -9.52. The van der Waals surface area contributed by atoms with Crippen LogP contribution in [0.2, 0.25) is 0 Å². The highest BCUT2D eigenvalue weighted by molar-refractivity contribution is 6.30. The number of fused-ring (bicyclic) bond motifs is 18. The topological polar surface area (TPSA) is 42.1 Å². The predicted octanol–water partition coefficient (Wildman–Crippen LogP) is 21.0. The Morgan fingerprint density at radius 3 is 1.58 bits per heavy atom. The van der Waals surface area contributed by atoms with E-state index in [0.717, 1.165) is 84.4 Å². The van der Waals surface area contributed by atoms with Gasteiger partial charge in [-0.25, -0.2) is 0 Å². The summed E-state index contributed by atoms with van der Waals surface area (Å²) in [4.78, 5) is 4.92. The van der Waals surface area contributed by atoms with Crippen LogP contribution in [0.5, 0.6) is 0 Å².